The Hall–Kier alpha value is -0.160. The van der Waals surface area contributed by atoms with E-state index in [1.807, 2.05) is 0 Å². The van der Waals surface area contributed by atoms with Crippen LogP contribution in [-0.4, -0.2) is 25.2 Å². The van der Waals surface area contributed by atoms with Crippen molar-refractivity contribution < 1.29 is 0 Å². The van der Waals surface area contributed by atoms with Crippen molar-refractivity contribution in [1.82, 2.24) is 0 Å². The monoisotopic (exact) mass is 258 g/mol. The third-order valence-corrected chi connectivity index (χ3v) is 3.53. The maximum atomic E-state index is 6.10. The fourth-order valence-electron chi connectivity index (χ4n) is 2.18. The van der Waals surface area contributed by atoms with E-state index in [1.54, 1.807) is 0 Å². The third kappa shape index (κ3) is 11.0. The molecule has 0 aromatic heterocycles. The highest BCUT2D eigenvalue weighted by Crippen LogP contribution is 2.10. The Morgan fingerprint density at radius 3 is 1.17 bits per heavy atom. The quantitative estimate of drug-likeness (QED) is 0.375. The van der Waals surface area contributed by atoms with Gasteiger partial charge < -0.3 is 22.9 Å². The molecular formula is C14H34N4. The molecule has 0 amide bonds. The van der Waals surface area contributed by atoms with Gasteiger partial charge in [-0.1, -0.05) is 38.5 Å². The van der Waals surface area contributed by atoms with Crippen LogP contribution >= 0.6 is 0 Å². The van der Waals surface area contributed by atoms with Gasteiger partial charge in [0.25, 0.3) is 0 Å². The summed E-state index contributed by atoms with van der Waals surface area (Å²) in [4.78, 5) is 0. The van der Waals surface area contributed by atoms with Gasteiger partial charge in [-0.15, -0.1) is 0 Å². The molecule has 0 saturated heterocycles. The average Bonchev–Trinajstić information content (AvgIpc) is 2.37. The molecule has 0 aromatic carbocycles. The topological polar surface area (TPSA) is 104 Å². The summed E-state index contributed by atoms with van der Waals surface area (Å²) in [5, 5.41) is 0. The number of hydrogen-bond donors (Lipinski definition) is 4. The van der Waals surface area contributed by atoms with E-state index in [0.29, 0.717) is 0 Å². The Morgan fingerprint density at radius 1 is 0.500 bits per heavy atom. The molecule has 4 heteroatoms. The number of rotatable bonds is 13. The highest BCUT2D eigenvalue weighted by molar-refractivity contribution is 4.75. The summed E-state index contributed by atoms with van der Waals surface area (Å²) in [6.07, 6.45) is 11.6. The predicted octanol–water partition coefficient (Wildman–Crippen LogP) is 1.46. The highest BCUT2D eigenvalue weighted by atomic mass is 14.8. The van der Waals surface area contributed by atoms with Crippen molar-refractivity contribution in [2.45, 2.75) is 76.3 Å². The molecule has 4 nitrogen and oxygen atoms in total. The zero-order valence-electron chi connectivity index (χ0n) is 11.9. The summed E-state index contributed by atoms with van der Waals surface area (Å²) in [6.45, 7) is 1.60. The van der Waals surface area contributed by atoms with Gasteiger partial charge in [-0.2, -0.15) is 0 Å². The molecule has 0 radical (unpaired) electrons. The maximum absolute atomic E-state index is 6.10. The average molecular weight is 258 g/mol. The molecule has 0 aliphatic heterocycles. The van der Waals surface area contributed by atoms with Crippen molar-refractivity contribution in [3.8, 4) is 0 Å². The summed E-state index contributed by atoms with van der Waals surface area (Å²) >= 11 is 0. The van der Waals surface area contributed by atoms with Crippen LogP contribution in [0, 0.1) is 0 Å². The van der Waals surface area contributed by atoms with Gasteiger partial charge in [-0.3, -0.25) is 0 Å². The van der Waals surface area contributed by atoms with Crippen LogP contribution in [0.2, 0.25) is 0 Å². The normalized spacial score (nSPS) is 14.7. The lowest BCUT2D eigenvalue weighted by Gasteiger charge is -2.19. The van der Waals surface area contributed by atoms with Gasteiger partial charge in [0.15, 0.2) is 0 Å². The van der Waals surface area contributed by atoms with Crippen LogP contribution in [0.15, 0.2) is 0 Å². The molecule has 18 heavy (non-hydrogen) atoms. The Bertz CT molecular complexity index is 146. The van der Waals surface area contributed by atoms with Crippen molar-refractivity contribution in [1.29, 1.82) is 0 Å². The van der Waals surface area contributed by atoms with Gasteiger partial charge >= 0.3 is 0 Å². The SMILES string of the molecule is NCCCCCCC(N)C(N)CCCCCCN. The minimum atomic E-state index is 0.164. The summed E-state index contributed by atoms with van der Waals surface area (Å²) in [5.41, 5.74) is 23.1. The largest absolute Gasteiger partial charge is 0.330 e. The van der Waals surface area contributed by atoms with Gasteiger partial charge in [-0.05, 0) is 38.8 Å². The van der Waals surface area contributed by atoms with Crippen molar-refractivity contribution in [3.05, 3.63) is 0 Å². The van der Waals surface area contributed by atoms with Gasteiger partial charge in [0.2, 0.25) is 0 Å². The van der Waals surface area contributed by atoms with Crippen molar-refractivity contribution in [3.63, 3.8) is 0 Å². The molecule has 110 valence electrons. The van der Waals surface area contributed by atoms with E-state index in [0.717, 1.165) is 38.8 Å². The first kappa shape index (κ1) is 17.8. The molecule has 2 atom stereocenters. The van der Waals surface area contributed by atoms with Crippen LogP contribution in [0.5, 0.6) is 0 Å². The Morgan fingerprint density at radius 2 is 0.833 bits per heavy atom. The van der Waals surface area contributed by atoms with Crippen LogP contribution in [0.25, 0.3) is 0 Å². The molecule has 0 rings (SSSR count). The highest BCUT2D eigenvalue weighted by Gasteiger charge is 2.12. The Balaban J connectivity index is 3.36. The number of unbranched alkanes of at least 4 members (excludes halogenated alkanes) is 6. The van der Waals surface area contributed by atoms with E-state index in [4.69, 9.17) is 22.9 Å². The van der Waals surface area contributed by atoms with E-state index in [1.165, 1.54) is 38.5 Å². The van der Waals surface area contributed by atoms with E-state index in [2.05, 4.69) is 0 Å². The van der Waals surface area contributed by atoms with Crippen LogP contribution in [-0.2, 0) is 0 Å². The Labute approximate surface area is 113 Å². The zero-order valence-corrected chi connectivity index (χ0v) is 11.9. The number of hydrogen-bond acceptors (Lipinski definition) is 4. The second kappa shape index (κ2) is 13.3. The van der Waals surface area contributed by atoms with Crippen LogP contribution in [0.3, 0.4) is 0 Å². The molecule has 0 bridgehead atoms. The zero-order chi connectivity index (χ0) is 13.6. The molecule has 0 saturated carbocycles. The summed E-state index contributed by atoms with van der Waals surface area (Å²) in [6, 6.07) is 0.328. The van der Waals surface area contributed by atoms with E-state index in [-0.39, 0.29) is 12.1 Å². The van der Waals surface area contributed by atoms with Gasteiger partial charge in [0.1, 0.15) is 0 Å². The molecular weight excluding hydrogens is 224 g/mol. The molecule has 0 heterocycles. The van der Waals surface area contributed by atoms with Gasteiger partial charge in [-0.25, -0.2) is 0 Å². The van der Waals surface area contributed by atoms with Crippen molar-refractivity contribution in [2.24, 2.45) is 22.9 Å². The summed E-state index contributed by atoms with van der Waals surface area (Å²) in [7, 11) is 0. The fraction of sp³-hybridized carbons (Fsp3) is 1.00. The van der Waals surface area contributed by atoms with Crippen LogP contribution < -0.4 is 22.9 Å². The molecule has 0 aliphatic carbocycles. The van der Waals surface area contributed by atoms with Crippen molar-refractivity contribution >= 4 is 0 Å². The smallest absolute Gasteiger partial charge is 0.0192 e. The second-order valence-corrected chi connectivity index (χ2v) is 5.31. The first-order chi connectivity index (χ1) is 8.72. The van der Waals surface area contributed by atoms with Crippen LogP contribution in [0.1, 0.15) is 64.2 Å². The number of nitrogens with two attached hydrogens (primary N) is 4. The Kier molecular flexibility index (Phi) is 13.2. The first-order valence-corrected chi connectivity index (χ1v) is 7.63. The molecule has 2 unspecified atom stereocenters. The van der Waals surface area contributed by atoms with E-state index in [9.17, 15) is 0 Å². The summed E-state index contributed by atoms with van der Waals surface area (Å²) in [5.74, 6) is 0. The molecule has 8 N–H and O–H groups in total. The lowest BCUT2D eigenvalue weighted by molar-refractivity contribution is 0.432. The van der Waals surface area contributed by atoms with E-state index < -0.39 is 0 Å². The molecule has 0 aliphatic rings. The van der Waals surface area contributed by atoms with Gasteiger partial charge in [0, 0.05) is 12.1 Å². The fourth-order valence-corrected chi connectivity index (χ4v) is 2.18. The lowest BCUT2D eigenvalue weighted by atomic mass is 9.97. The van der Waals surface area contributed by atoms with E-state index >= 15 is 0 Å². The molecule has 0 spiro atoms. The standard InChI is InChI=1S/C14H34N4/c15-11-7-3-1-5-9-13(17)14(18)10-6-2-4-8-12-16/h13-14H,1-12,15-18H2. The van der Waals surface area contributed by atoms with Crippen molar-refractivity contribution in [2.75, 3.05) is 13.1 Å². The second-order valence-electron chi connectivity index (χ2n) is 5.31. The summed E-state index contributed by atoms with van der Waals surface area (Å²) < 4.78 is 0. The third-order valence-electron chi connectivity index (χ3n) is 3.53. The minimum Gasteiger partial charge on any atom is -0.330 e. The molecule has 0 fully saturated rings. The maximum Gasteiger partial charge on any atom is 0.0192 e. The van der Waals surface area contributed by atoms with Crippen LogP contribution in [0.4, 0.5) is 0 Å². The van der Waals surface area contributed by atoms with Gasteiger partial charge in [0.05, 0.1) is 0 Å². The lowest BCUT2D eigenvalue weighted by Crippen LogP contribution is -2.41. The predicted molar refractivity (Wildman–Crippen MR) is 80.2 cm³/mol. The minimum absolute atomic E-state index is 0.164. The first-order valence-electron chi connectivity index (χ1n) is 7.63. The molecule has 0 aromatic rings.